The molecule has 0 saturated heterocycles. The van der Waals surface area contributed by atoms with Crippen molar-refractivity contribution in [1.29, 1.82) is 0 Å². The van der Waals surface area contributed by atoms with Crippen LogP contribution in [0.15, 0.2) is 39.4 Å². The molecule has 0 spiro atoms. The Morgan fingerprint density at radius 3 is 2.46 bits per heavy atom. The highest BCUT2D eigenvalue weighted by molar-refractivity contribution is 9.10. The maximum Gasteiger partial charge on any atom is 0.287 e. The summed E-state index contributed by atoms with van der Waals surface area (Å²) in [6, 6.07) is 8.83. The number of methoxy groups -OCH3 is 2. The van der Waals surface area contributed by atoms with Crippen LogP contribution in [0.5, 0.6) is 11.5 Å². The molecule has 0 bridgehead atoms. The molecule has 8 heteroatoms. The summed E-state index contributed by atoms with van der Waals surface area (Å²) < 4.78 is 16.1. The molecule has 140 valence electrons. The summed E-state index contributed by atoms with van der Waals surface area (Å²) in [7, 11) is 3.17. The Hall–Kier alpha value is -2.48. The van der Waals surface area contributed by atoms with Crippen molar-refractivity contribution in [2.24, 2.45) is 0 Å². The monoisotopic (exact) mass is 424 g/mol. The molecule has 1 aromatic carbocycles. The molecule has 2 rings (SSSR count). The first-order valence-electron chi connectivity index (χ1n) is 8.04. The second kappa shape index (κ2) is 9.86. The standard InChI is InChI=1S/C18H21BrN2O5/c1-24-13-4-3-12(11-15(13)25-2)7-9-20-17(22)8-10-21-18(23)14-5-6-16(19)26-14/h3-6,11H,7-10H2,1-2H3,(H,20,22)(H,21,23). The minimum absolute atomic E-state index is 0.133. The average molecular weight is 425 g/mol. The molecular weight excluding hydrogens is 404 g/mol. The molecule has 0 radical (unpaired) electrons. The first kappa shape index (κ1) is 19.8. The van der Waals surface area contributed by atoms with Gasteiger partial charge in [0, 0.05) is 19.5 Å². The lowest BCUT2D eigenvalue weighted by Crippen LogP contribution is -2.31. The zero-order valence-electron chi connectivity index (χ0n) is 14.6. The van der Waals surface area contributed by atoms with Gasteiger partial charge in [-0.05, 0) is 52.2 Å². The fraction of sp³-hybridized carbons (Fsp3) is 0.333. The highest BCUT2D eigenvalue weighted by Crippen LogP contribution is 2.27. The average Bonchev–Trinajstić information content (AvgIpc) is 3.08. The molecule has 0 aliphatic rings. The van der Waals surface area contributed by atoms with E-state index in [-0.39, 0.29) is 30.5 Å². The number of carbonyl (C=O) groups excluding carboxylic acids is 2. The fourth-order valence-corrected chi connectivity index (χ4v) is 2.59. The highest BCUT2D eigenvalue weighted by atomic mass is 79.9. The van der Waals surface area contributed by atoms with Crippen LogP contribution in [0, 0.1) is 0 Å². The zero-order chi connectivity index (χ0) is 18.9. The fourth-order valence-electron chi connectivity index (χ4n) is 2.28. The van der Waals surface area contributed by atoms with E-state index in [1.165, 1.54) is 0 Å². The molecule has 7 nitrogen and oxygen atoms in total. The molecule has 0 atom stereocenters. The number of nitrogens with one attached hydrogen (secondary N) is 2. The third-order valence-corrected chi connectivity index (χ3v) is 4.04. The minimum atomic E-state index is -0.353. The van der Waals surface area contributed by atoms with Crippen LogP contribution in [0.4, 0.5) is 0 Å². The lowest BCUT2D eigenvalue weighted by molar-refractivity contribution is -0.120. The Morgan fingerprint density at radius 1 is 1.04 bits per heavy atom. The Labute approximate surface area is 160 Å². The molecule has 0 saturated carbocycles. The first-order valence-corrected chi connectivity index (χ1v) is 8.84. The van der Waals surface area contributed by atoms with Gasteiger partial charge in [-0.25, -0.2) is 0 Å². The van der Waals surface area contributed by atoms with Crippen molar-refractivity contribution in [1.82, 2.24) is 10.6 Å². The Kier molecular flexibility index (Phi) is 7.53. The van der Waals surface area contributed by atoms with Crippen LogP contribution in [0.3, 0.4) is 0 Å². The number of furan rings is 1. The number of carbonyl (C=O) groups is 2. The van der Waals surface area contributed by atoms with E-state index in [0.717, 1.165) is 5.56 Å². The predicted octanol–water partition coefficient (Wildman–Crippen LogP) is 2.54. The summed E-state index contributed by atoms with van der Waals surface area (Å²) in [6.45, 7) is 0.729. The molecule has 2 N–H and O–H groups in total. The summed E-state index contributed by atoms with van der Waals surface area (Å²) in [5.41, 5.74) is 1.03. The van der Waals surface area contributed by atoms with Crippen molar-refractivity contribution >= 4 is 27.7 Å². The molecule has 26 heavy (non-hydrogen) atoms. The Bertz CT molecular complexity index is 760. The van der Waals surface area contributed by atoms with Crippen molar-refractivity contribution in [2.45, 2.75) is 12.8 Å². The van der Waals surface area contributed by atoms with Gasteiger partial charge in [0.1, 0.15) is 0 Å². The largest absolute Gasteiger partial charge is 0.493 e. The summed E-state index contributed by atoms with van der Waals surface area (Å²) in [6.07, 6.45) is 0.860. The van der Waals surface area contributed by atoms with E-state index in [9.17, 15) is 9.59 Å². The smallest absolute Gasteiger partial charge is 0.287 e. The number of halogens is 1. The van der Waals surface area contributed by atoms with Gasteiger partial charge in [-0.15, -0.1) is 0 Å². The van der Waals surface area contributed by atoms with E-state index in [2.05, 4.69) is 26.6 Å². The van der Waals surface area contributed by atoms with Gasteiger partial charge >= 0.3 is 0 Å². The second-order valence-electron chi connectivity index (χ2n) is 5.40. The minimum Gasteiger partial charge on any atom is -0.493 e. The molecule has 2 amide bonds. The van der Waals surface area contributed by atoms with Crippen LogP contribution >= 0.6 is 15.9 Å². The lowest BCUT2D eigenvalue weighted by Gasteiger charge is -2.10. The normalized spacial score (nSPS) is 10.3. The summed E-state index contributed by atoms with van der Waals surface area (Å²) in [5.74, 6) is 1.04. The zero-order valence-corrected chi connectivity index (χ0v) is 16.2. The van der Waals surface area contributed by atoms with E-state index in [1.54, 1.807) is 26.4 Å². The van der Waals surface area contributed by atoms with Crippen LogP contribution < -0.4 is 20.1 Å². The topological polar surface area (TPSA) is 89.8 Å². The maximum absolute atomic E-state index is 11.8. The third kappa shape index (κ3) is 5.80. The van der Waals surface area contributed by atoms with Gasteiger partial charge in [0.2, 0.25) is 5.91 Å². The van der Waals surface area contributed by atoms with Gasteiger partial charge in [-0.3, -0.25) is 9.59 Å². The summed E-state index contributed by atoms with van der Waals surface area (Å²) >= 11 is 3.13. The predicted molar refractivity (Wildman–Crippen MR) is 99.6 cm³/mol. The van der Waals surface area contributed by atoms with Crippen LogP contribution in [0.1, 0.15) is 22.5 Å². The van der Waals surface area contributed by atoms with Crippen molar-refractivity contribution in [3.8, 4) is 11.5 Å². The van der Waals surface area contributed by atoms with E-state index < -0.39 is 0 Å². The number of ether oxygens (including phenoxy) is 2. The van der Waals surface area contributed by atoms with Crippen LogP contribution in [0.2, 0.25) is 0 Å². The highest BCUT2D eigenvalue weighted by Gasteiger charge is 2.10. The number of hydrogen-bond acceptors (Lipinski definition) is 5. The number of amides is 2. The van der Waals surface area contributed by atoms with E-state index >= 15 is 0 Å². The van der Waals surface area contributed by atoms with Crippen molar-refractivity contribution in [3.05, 3.63) is 46.3 Å². The summed E-state index contributed by atoms with van der Waals surface area (Å²) in [4.78, 5) is 23.6. The van der Waals surface area contributed by atoms with Crippen molar-refractivity contribution < 1.29 is 23.5 Å². The SMILES string of the molecule is COc1ccc(CCNC(=O)CCNC(=O)c2ccc(Br)o2)cc1OC. The molecule has 1 aromatic heterocycles. The van der Waals surface area contributed by atoms with Gasteiger partial charge in [-0.2, -0.15) is 0 Å². The Balaban J connectivity index is 1.68. The van der Waals surface area contributed by atoms with Crippen LogP contribution in [-0.4, -0.2) is 39.1 Å². The van der Waals surface area contributed by atoms with E-state index in [0.29, 0.717) is 29.1 Å². The van der Waals surface area contributed by atoms with Gasteiger partial charge in [0.15, 0.2) is 21.9 Å². The lowest BCUT2D eigenvalue weighted by atomic mass is 10.1. The maximum atomic E-state index is 11.8. The molecule has 0 unspecified atom stereocenters. The molecular formula is C18H21BrN2O5. The molecule has 0 aliphatic heterocycles. The van der Waals surface area contributed by atoms with Crippen LogP contribution in [0.25, 0.3) is 0 Å². The van der Waals surface area contributed by atoms with E-state index in [1.807, 2.05) is 18.2 Å². The van der Waals surface area contributed by atoms with Crippen molar-refractivity contribution in [2.75, 3.05) is 27.3 Å². The molecule has 1 heterocycles. The molecule has 0 aliphatic carbocycles. The summed E-state index contributed by atoms with van der Waals surface area (Å²) in [5, 5.41) is 5.46. The molecule has 2 aromatic rings. The number of benzene rings is 1. The quantitative estimate of drug-likeness (QED) is 0.645. The first-order chi connectivity index (χ1) is 12.5. The van der Waals surface area contributed by atoms with Gasteiger partial charge in [-0.1, -0.05) is 6.07 Å². The molecule has 0 fully saturated rings. The Morgan fingerprint density at radius 2 is 1.81 bits per heavy atom. The number of hydrogen-bond donors (Lipinski definition) is 2. The van der Waals surface area contributed by atoms with Crippen molar-refractivity contribution in [3.63, 3.8) is 0 Å². The van der Waals surface area contributed by atoms with E-state index in [4.69, 9.17) is 13.9 Å². The van der Waals surface area contributed by atoms with Gasteiger partial charge in [0.25, 0.3) is 5.91 Å². The number of rotatable bonds is 9. The second-order valence-corrected chi connectivity index (χ2v) is 6.18. The van der Waals surface area contributed by atoms with Gasteiger partial charge in [0.05, 0.1) is 14.2 Å². The third-order valence-electron chi connectivity index (χ3n) is 3.62. The van der Waals surface area contributed by atoms with Crippen LogP contribution in [-0.2, 0) is 11.2 Å². The van der Waals surface area contributed by atoms with Gasteiger partial charge < -0.3 is 24.5 Å².